The normalized spacial score (nSPS) is 14.7. The average Bonchev–Trinajstić information content (AvgIpc) is 3.15. The predicted octanol–water partition coefficient (Wildman–Crippen LogP) is 2.97. The summed E-state index contributed by atoms with van der Waals surface area (Å²) in [4.78, 5) is 13.9. The zero-order valence-corrected chi connectivity index (χ0v) is 15.1. The number of hydrogen-bond acceptors (Lipinski definition) is 4. The number of carbonyl (C=O) groups is 1. The number of ketones is 1. The number of nitrogens with zero attached hydrogens (tertiary/aromatic N) is 1. The first-order valence-corrected chi connectivity index (χ1v) is 9.88. The molecule has 0 bridgehead atoms. The van der Waals surface area contributed by atoms with Crippen molar-refractivity contribution >= 4 is 21.5 Å². The van der Waals surface area contributed by atoms with Crippen LogP contribution < -0.4 is 9.62 Å². The first-order valence-electron chi connectivity index (χ1n) is 8.40. The molecule has 0 saturated carbocycles. The van der Waals surface area contributed by atoms with Crippen molar-refractivity contribution in [2.75, 3.05) is 18.0 Å². The molecule has 1 N–H and O–H groups in total. The lowest BCUT2D eigenvalue weighted by Gasteiger charge is -2.17. The Morgan fingerprint density at radius 2 is 1.76 bits per heavy atom. The lowest BCUT2D eigenvalue weighted by molar-refractivity contribution is 0.101. The highest BCUT2D eigenvalue weighted by molar-refractivity contribution is 7.89. The number of Topliss-reactive ketones (excluding diaryl/α,β-unsaturated/α-hetero) is 1. The smallest absolute Gasteiger partial charge is 0.240 e. The van der Waals surface area contributed by atoms with E-state index in [1.807, 2.05) is 24.3 Å². The minimum absolute atomic E-state index is 0.105. The molecule has 132 valence electrons. The van der Waals surface area contributed by atoms with Gasteiger partial charge in [0.1, 0.15) is 0 Å². The quantitative estimate of drug-likeness (QED) is 0.806. The van der Waals surface area contributed by atoms with Gasteiger partial charge in [-0.1, -0.05) is 24.3 Å². The summed E-state index contributed by atoms with van der Waals surface area (Å²) in [6, 6.07) is 14.0. The second kappa shape index (κ2) is 7.37. The molecule has 1 aliphatic heterocycles. The molecule has 1 aliphatic rings. The maximum atomic E-state index is 12.4. The molecule has 3 rings (SSSR count). The van der Waals surface area contributed by atoms with Crippen LogP contribution in [-0.2, 0) is 16.6 Å². The van der Waals surface area contributed by atoms with Gasteiger partial charge in [-0.15, -0.1) is 0 Å². The van der Waals surface area contributed by atoms with Crippen molar-refractivity contribution in [2.24, 2.45) is 0 Å². The maximum Gasteiger partial charge on any atom is 0.240 e. The molecule has 0 amide bonds. The van der Waals surface area contributed by atoms with Gasteiger partial charge >= 0.3 is 0 Å². The molecule has 0 aliphatic carbocycles. The predicted molar refractivity (Wildman–Crippen MR) is 98.4 cm³/mol. The lowest BCUT2D eigenvalue weighted by atomic mass is 10.2. The molecule has 0 radical (unpaired) electrons. The van der Waals surface area contributed by atoms with Gasteiger partial charge in [-0.2, -0.15) is 0 Å². The number of sulfonamides is 1. The Bertz CT molecular complexity index is 854. The summed E-state index contributed by atoms with van der Waals surface area (Å²) >= 11 is 0. The van der Waals surface area contributed by atoms with E-state index in [1.54, 1.807) is 12.1 Å². The first-order chi connectivity index (χ1) is 12.0. The third kappa shape index (κ3) is 4.27. The van der Waals surface area contributed by atoms with Crippen LogP contribution in [0.1, 0.15) is 35.7 Å². The molecular weight excluding hydrogens is 336 g/mol. The third-order valence-electron chi connectivity index (χ3n) is 4.42. The van der Waals surface area contributed by atoms with Crippen LogP contribution in [0.3, 0.4) is 0 Å². The summed E-state index contributed by atoms with van der Waals surface area (Å²) < 4.78 is 27.4. The molecule has 1 heterocycles. The zero-order chi connectivity index (χ0) is 17.9. The van der Waals surface area contributed by atoms with Crippen LogP contribution in [-0.4, -0.2) is 27.3 Å². The van der Waals surface area contributed by atoms with Crippen molar-refractivity contribution < 1.29 is 13.2 Å². The largest absolute Gasteiger partial charge is 0.372 e. The SMILES string of the molecule is CC(=O)c1cccc(S(=O)(=O)NCc2ccc(N3CCCC3)cc2)c1. The molecule has 1 fully saturated rings. The van der Waals surface area contributed by atoms with Gasteiger partial charge in [0.15, 0.2) is 5.78 Å². The maximum absolute atomic E-state index is 12.4. The van der Waals surface area contributed by atoms with E-state index in [-0.39, 0.29) is 17.2 Å². The van der Waals surface area contributed by atoms with Gasteiger partial charge < -0.3 is 4.90 Å². The van der Waals surface area contributed by atoms with Crippen LogP contribution in [0.4, 0.5) is 5.69 Å². The summed E-state index contributed by atoms with van der Waals surface area (Å²) in [6.45, 7) is 3.80. The van der Waals surface area contributed by atoms with Gasteiger partial charge in [0, 0.05) is 30.9 Å². The third-order valence-corrected chi connectivity index (χ3v) is 5.82. The summed E-state index contributed by atoms with van der Waals surface area (Å²) in [7, 11) is -3.65. The summed E-state index contributed by atoms with van der Waals surface area (Å²) in [5.74, 6) is -0.158. The number of anilines is 1. The van der Waals surface area contributed by atoms with Gasteiger partial charge in [0.05, 0.1) is 4.90 Å². The molecule has 0 atom stereocenters. The summed E-state index contributed by atoms with van der Waals surface area (Å²) in [5, 5.41) is 0. The fourth-order valence-corrected chi connectivity index (χ4v) is 4.01. The monoisotopic (exact) mass is 358 g/mol. The van der Waals surface area contributed by atoms with Gasteiger partial charge in [0.2, 0.25) is 10.0 Å². The van der Waals surface area contributed by atoms with E-state index in [2.05, 4.69) is 9.62 Å². The Balaban J connectivity index is 1.67. The topological polar surface area (TPSA) is 66.5 Å². The van der Waals surface area contributed by atoms with Crippen molar-refractivity contribution in [1.29, 1.82) is 0 Å². The van der Waals surface area contributed by atoms with Crippen molar-refractivity contribution in [3.05, 3.63) is 59.7 Å². The summed E-state index contributed by atoms with van der Waals surface area (Å²) in [6.07, 6.45) is 2.45. The van der Waals surface area contributed by atoms with Crippen LogP contribution in [0.25, 0.3) is 0 Å². The van der Waals surface area contributed by atoms with E-state index in [0.29, 0.717) is 5.56 Å². The Hall–Kier alpha value is -2.18. The molecule has 25 heavy (non-hydrogen) atoms. The number of rotatable bonds is 6. The van der Waals surface area contributed by atoms with Crippen LogP contribution in [0.2, 0.25) is 0 Å². The Kier molecular flexibility index (Phi) is 5.20. The van der Waals surface area contributed by atoms with Crippen LogP contribution in [0, 0.1) is 0 Å². The molecule has 0 aromatic heterocycles. The Morgan fingerprint density at radius 3 is 2.40 bits per heavy atom. The van der Waals surface area contributed by atoms with Crippen molar-refractivity contribution in [3.63, 3.8) is 0 Å². The molecule has 0 spiro atoms. The minimum atomic E-state index is -3.65. The Labute approximate surface area is 148 Å². The number of nitrogens with one attached hydrogen (secondary N) is 1. The fraction of sp³-hybridized carbons (Fsp3) is 0.316. The highest BCUT2D eigenvalue weighted by atomic mass is 32.2. The van der Waals surface area contributed by atoms with E-state index in [9.17, 15) is 13.2 Å². The number of carbonyl (C=O) groups excluding carboxylic acids is 1. The van der Waals surface area contributed by atoms with E-state index < -0.39 is 10.0 Å². The van der Waals surface area contributed by atoms with Crippen molar-refractivity contribution in [1.82, 2.24) is 4.72 Å². The van der Waals surface area contributed by atoms with E-state index in [4.69, 9.17) is 0 Å². The van der Waals surface area contributed by atoms with Crippen LogP contribution in [0.15, 0.2) is 53.4 Å². The Morgan fingerprint density at radius 1 is 1.08 bits per heavy atom. The van der Waals surface area contributed by atoms with Crippen molar-refractivity contribution in [3.8, 4) is 0 Å². The number of benzene rings is 2. The second-order valence-corrected chi connectivity index (χ2v) is 8.04. The molecule has 2 aromatic rings. The first kappa shape index (κ1) is 17.6. The molecule has 0 unspecified atom stereocenters. The van der Waals surface area contributed by atoms with E-state index >= 15 is 0 Å². The van der Waals surface area contributed by atoms with Gasteiger partial charge in [-0.25, -0.2) is 13.1 Å². The molecule has 6 heteroatoms. The van der Waals surface area contributed by atoms with E-state index in [1.165, 1.54) is 37.6 Å². The fourth-order valence-electron chi connectivity index (χ4n) is 2.94. The van der Waals surface area contributed by atoms with Gasteiger partial charge in [-0.3, -0.25) is 4.79 Å². The standard InChI is InChI=1S/C19H22N2O3S/c1-15(22)17-5-4-6-19(13-17)25(23,24)20-14-16-7-9-18(10-8-16)21-11-2-3-12-21/h4-10,13,20H,2-3,11-12,14H2,1H3. The molecule has 2 aromatic carbocycles. The van der Waals surface area contributed by atoms with Crippen LogP contribution in [0.5, 0.6) is 0 Å². The minimum Gasteiger partial charge on any atom is -0.372 e. The van der Waals surface area contributed by atoms with Gasteiger partial charge in [0.25, 0.3) is 0 Å². The summed E-state index contributed by atoms with van der Waals surface area (Å²) in [5.41, 5.74) is 2.46. The lowest BCUT2D eigenvalue weighted by Crippen LogP contribution is -2.23. The van der Waals surface area contributed by atoms with E-state index in [0.717, 1.165) is 18.7 Å². The van der Waals surface area contributed by atoms with Gasteiger partial charge in [-0.05, 0) is 49.6 Å². The molecule has 5 nitrogen and oxygen atoms in total. The molecule has 1 saturated heterocycles. The number of hydrogen-bond donors (Lipinski definition) is 1. The zero-order valence-electron chi connectivity index (χ0n) is 14.2. The highest BCUT2D eigenvalue weighted by Crippen LogP contribution is 2.20. The van der Waals surface area contributed by atoms with Crippen LogP contribution >= 0.6 is 0 Å². The molecular formula is C19H22N2O3S. The average molecular weight is 358 g/mol. The van der Waals surface area contributed by atoms with Crippen molar-refractivity contribution in [2.45, 2.75) is 31.2 Å². The second-order valence-electron chi connectivity index (χ2n) is 6.27. The highest BCUT2D eigenvalue weighted by Gasteiger charge is 2.16.